The highest BCUT2D eigenvalue weighted by Gasteiger charge is 2.12. The number of methoxy groups -OCH3 is 2. The molecule has 6 nitrogen and oxygen atoms in total. The Morgan fingerprint density at radius 2 is 1.75 bits per heavy atom. The lowest BCUT2D eigenvalue weighted by Gasteiger charge is -2.08. The number of nitrogens with one attached hydrogen (secondary N) is 1. The molecule has 1 aromatic carbocycles. The highest BCUT2D eigenvalue weighted by molar-refractivity contribution is 7.89. The minimum Gasteiger partial charge on any atom is -0.497 e. The lowest BCUT2D eigenvalue weighted by atomic mass is 10.3. The van der Waals surface area contributed by atoms with Gasteiger partial charge in [-0.1, -0.05) is 0 Å². The van der Waals surface area contributed by atoms with Crippen molar-refractivity contribution in [2.24, 2.45) is 0 Å². The first kappa shape index (κ1) is 16.9. The molecule has 0 atom stereocenters. The van der Waals surface area contributed by atoms with Crippen LogP contribution in [0.3, 0.4) is 0 Å². The normalized spacial score (nSPS) is 11.5. The fourth-order valence-electron chi connectivity index (χ4n) is 1.46. The number of sulfonamides is 1. The molecule has 0 spiro atoms. The average Bonchev–Trinajstić information content (AvgIpc) is 2.46. The van der Waals surface area contributed by atoms with Gasteiger partial charge in [-0.2, -0.15) is 0 Å². The van der Waals surface area contributed by atoms with E-state index in [1.807, 2.05) is 0 Å². The van der Waals surface area contributed by atoms with Crippen LogP contribution in [0.15, 0.2) is 29.2 Å². The molecule has 20 heavy (non-hydrogen) atoms. The zero-order valence-corrected chi connectivity index (χ0v) is 12.6. The van der Waals surface area contributed by atoms with Gasteiger partial charge in [0, 0.05) is 20.3 Å². The maximum atomic E-state index is 12.0. The summed E-state index contributed by atoms with van der Waals surface area (Å²) in [5.41, 5.74) is 0. The fourth-order valence-corrected chi connectivity index (χ4v) is 2.54. The van der Waals surface area contributed by atoms with Gasteiger partial charge in [-0.3, -0.25) is 0 Å². The molecule has 0 fully saturated rings. The SMILES string of the molecule is COCCOCCCNS(=O)(=O)c1ccc(OC)cc1. The van der Waals surface area contributed by atoms with E-state index < -0.39 is 10.0 Å². The van der Waals surface area contributed by atoms with Crippen LogP contribution >= 0.6 is 0 Å². The minimum absolute atomic E-state index is 0.221. The summed E-state index contributed by atoms with van der Waals surface area (Å²) in [6.07, 6.45) is 0.610. The molecule has 0 heterocycles. The van der Waals surface area contributed by atoms with Gasteiger partial charge >= 0.3 is 0 Å². The van der Waals surface area contributed by atoms with E-state index in [0.29, 0.717) is 38.5 Å². The molecule has 0 unspecified atom stereocenters. The van der Waals surface area contributed by atoms with Gasteiger partial charge in [0.15, 0.2) is 0 Å². The molecule has 1 N–H and O–H groups in total. The number of benzene rings is 1. The largest absolute Gasteiger partial charge is 0.497 e. The average molecular weight is 303 g/mol. The first-order valence-electron chi connectivity index (χ1n) is 6.30. The van der Waals surface area contributed by atoms with Crippen LogP contribution in [0, 0.1) is 0 Å². The fraction of sp³-hybridized carbons (Fsp3) is 0.538. The van der Waals surface area contributed by atoms with E-state index in [1.165, 1.54) is 19.2 Å². The summed E-state index contributed by atoms with van der Waals surface area (Å²) < 4.78 is 41.5. The molecule has 0 aliphatic rings. The first-order valence-corrected chi connectivity index (χ1v) is 7.79. The van der Waals surface area contributed by atoms with E-state index >= 15 is 0 Å². The topological polar surface area (TPSA) is 73.9 Å². The third kappa shape index (κ3) is 5.87. The van der Waals surface area contributed by atoms with Gasteiger partial charge in [0.2, 0.25) is 10.0 Å². The van der Waals surface area contributed by atoms with Crippen LogP contribution in [0.5, 0.6) is 5.75 Å². The molecule has 1 rings (SSSR count). The Kier molecular flexibility index (Phi) is 7.53. The summed E-state index contributed by atoms with van der Waals surface area (Å²) in [5, 5.41) is 0. The highest BCUT2D eigenvalue weighted by atomic mass is 32.2. The molecular weight excluding hydrogens is 282 g/mol. The van der Waals surface area contributed by atoms with Gasteiger partial charge in [-0.15, -0.1) is 0 Å². The minimum atomic E-state index is -3.47. The van der Waals surface area contributed by atoms with E-state index in [0.717, 1.165) is 0 Å². The maximum Gasteiger partial charge on any atom is 0.240 e. The van der Waals surface area contributed by atoms with Gasteiger partial charge in [-0.05, 0) is 30.7 Å². The van der Waals surface area contributed by atoms with Gasteiger partial charge in [0.1, 0.15) is 5.75 Å². The Hall–Kier alpha value is -1.15. The molecule has 0 saturated heterocycles. The molecule has 0 aromatic heterocycles. The number of hydrogen-bond acceptors (Lipinski definition) is 5. The van der Waals surface area contributed by atoms with Gasteiger partial charge in [0.25, 0.3) is 0 Å². The molecule has 0 radical (unpaired) electrons. The van der Waals surface area contributed by atoms with Crippen molar-refractivity contribution in [2.75, 3.05) is 40.6 Å². The van der Waals surface area contributed by atoms with Crippen LogP contribution in [-0.4, -0.2) is 49.0 Å². The van der Waals surface area contributed by atoms with Crippen molar-refractivity contribution < 1.29 is 22.6 Å². The van der Waals surface area contributed by atoms with Crippen LogP contribution in [0.1, 0.15) is 6.42 Å². The van der Waals surface area contributed by atoms with Gasteiger partial charge in [0.05, 0.1) is 25.2 Å². The third-order valence-electron chi connectivity index (χ3n) is 2.56. The van der Waals surface area contributed by atoms with Crippen molar-refractivity contribution in [1.82, 2.24) is 4.72 Å². The Bertz CT molecular complexity index is 472. The van der Waals surface area contributed by atoms with Crippen molar-refractivity contribution in [2.45, 2.75) is 11.3 Å². The summed E-state index contributed by atoms with van der Waals surface area (Å²) in [6.45, 7) is 1.88. The zero-order valence-electron chi connectivity index (χ0n) is 11.8. The van der Waals surface area contributed by atoms with E-state index in [2.05, 4.69) is 4.72 Å². The Labute approximate surface area is 120 Å². The Morgan fingerprint density at radius 1 is 1.05 bits per heavy atom. The summed E-state index contributed by atoms with van der Waals surface area (Å²) in [5.74, 6) is 0.621. The van der Waals surface area contributed by atoms with Crippen LogP contribution < -0.4 is 9.46 Å². The summed E-state index contributed by atoms with van der Waals surface area (Å²) in [6, 6.07) is 6.25. The third-order valence-corrected chi connectivity index (χ3v) is 4.04. The van der Waals surface area contributed by atoms with Crippen LogP contribution in [0.25, 0.3) is 0 Å². The predicted molar refractivity (Wildman–Crippen MR) is 75.5 cm³/mol. The van der Waals surface area contributed by atoms with Crippen molar-refractivity contribution in [3.8, 4) is 5.75 Å². The molecule has 1 aromatic rings. The quantitative estimate of drug-likeness (QED) is 0.653. The van der Waals surface area contributed by atoms with E-state index in [1.54, 1.807) is 19.2 Å². The molecule has 0 aliphatic carbocycles. The second-order valence-corrected chi connectivity index (χ2v) is 5.80. The maximum absolute atomic E-state index is 12.0. The van der Waals surface area contributed by atoms with Crippen molar-refractivity contribution in [3.63, 3.8) is 0 Å². The van der Waals surface area contributed by atoms with Crippen LogP contribution in [0.4, 0.5) is 0 Å². The smallest absolute Gasteiger partial charge is 0.240 e. The number of rotatable bonds is 10. The molecule has 7 heteroatoms. The number of ether oxygens (including phenoxy) is 3. The molecule has 0 amide bonds. The zero-order chi connectivity index (χ0) is 14.8. The highest BCUT2D eigenvalue weighted by Crippen LogP contribution is 2.15. The Morgan fingerprint density at radius 3 is 2.35 bits per heavy atom. The van der Waals surface area contributed by atoms with Crippen LogP contribution in [-0.2, 0) is 19.5 Å². The molecular formula is C13H21NO5S. The lowest BCUT2D eigenvalue weighted by Crippen LogP contribution is -2.25. The van der Waals surface area contributed by atoms with Gasteiger partial charge < -0.3 is 14.2 Å². The molecule has 0 aliphatic heterocycles. The summed E-state index contributed by atoms with van der Waals surface area (Å²) in [4.78, 5) is 0.221. The lowest BCUT2D eigenvalue weighted by molar-refractivity contribution is 0.0699. The Balaban J connectivity index is 2.33. The second kappa shape index (κ2) is 8.91. The van der Waals surface area contributed by atoms with Crippen molar-refractivity contribution >= 4 is 10.0 Å². The summed E-state index contributed by atoms with van der Waals surface area (Å²) in [7, 11) is -0.332. The van der Waals surface area contributed by atoms with Crippen molar-refractivity contribution in [3.05, 3.63) is 24.3 Å². The first-order chi connectivity index (χ1) is 9.60. The molecule has 114 valence electrons. The second-order valence-electron chi connectivity index (χ2n) is 4.03. The van der Waals surface area contributed by atoms with Crippen molar-refractivity contribution in [1.29, 1.82) is 0 Å². The summed E-state index contributed by atoms with van der Waals surface area (Å²) >= 11 is 0. The molecule has 0 bridgehead atoms. The van der Waals surface area contributed by atoms with E-state index in [-0.39, 0.29) is 4.90 Å². The van der Waals surface area contributed by atoms with Gasteiger partial charge in [-0.25, -0.2) is 13.1 Å². The monoisotopic (exact) mass is 303 g/mol. The van der Waals surface area contributed by atoms with E-state index in [4.69, 9.17) is 14.2 Å². The standard InChI is InChI=1S/C13H21NO5S/c1-17-10-11-19-9-3-8-14-20(15,16)13-6-4-12(18-2)5-7-13/h4-7,14H,3,8-11H2,1-2H3. The number of hydrogen-bond donors (Lipinski definition) is 1. The molecule has 0 saturated carbocycles. The predicted octanol–water partition coefficient (Wildman–Crippen LogP) is 1.03. The van der Waals surface area contributed by atoms with Crippen LogP contribution in [0.2, 0.25) is 0 Å². The van der Waals surface area contributed by atoms with E-state index in [9.17, 15) is 8.42 Å².